The first-order valence-corrected chi connectivity index (χ1v) is 8.62. The van der Waals surface area contributed by atoms with Gasteiger partial charge in [-0.1, -0.05) is 39.4 Å². The van der Waals surface area contributed by atoms with Gasteiger partial charge in [-0.3, -0.25) is 9.58 Å². The van der Waals surface area contributed by atoms with E-state index in [0.29, 0.717) is 0 Å². The number of aromatic nitrogens is 3. The second-order valence-corrected chi connectivity index (χ2v) is 6.58. The third-order valence-corrected chi connectivity index (χ3v) is 4.62. The van der Waals surface area contributed by atoms with Crippen molar-refractivity contribution < 1.29 is 0 Å². The summed E-state index contributed by atoms with van der Waals surface area (Å²) in [5.74, 6) is 0. The molecule has 2 heterocycles. The van der Waals surface area contributed by atoms with Gasteiger partial charge < -0.3 is 0 Å². The maximum Gasteiger partial charge on any atom is 0.0692 e. The summed E-state index contributed by atoms with van der Waals surface area (Å²) >= 11 is 3.49. The zero-order valence-electron chi connectivity index (χ0n) is 12.7. The van der Waals surface area contributed by atoms with Crippen LogP contribution in [0.15, 0.2) is 47.2 Å². The van der Waals surface area contributed by atoms with Crippen LogP contribution in [-0.2, 0) is 6.54 Å². The van der Waals surface area contributed by atoms with Crippen LogP contribution in [0.3, 0.4) is 0 Å². The zero-order chi connectivity index (χ0) is 15.2. The van der Waals surface area contributed by atoms with Gasteiger partial charge in [0.1, 0.15) is 0 Å². The van der Waals surface area contributed by atoms with Crippen molar-refractivity contribution in [2.75, 3.05) is 19.6 Å². The molecular weight excluding hydrogens is 340 g/mol. The predicted molar refractivity (Wildman–Crippen MR) is 92.4 cm³/mol. The third kappa shape index (κ3) is 4.27. The number of hydrogen-bond acceptors (Lipinski definition) is 3. The maximum absolute atomic E-state index is 3.99. The number of hydrogen-bond donors (Lipinski definition) is 0. The first-order valence-electron chi connectivity index (χ1n) is 7.83. The summed E-state index contributed by atoms with van der Waals surface area (Å²) in [7, 11) is 0. The average Bonchev–Trinajstić information content (AvgIpc) is 3.06. The monoisotopic (exact) mass is 360 g/mol. The van der Waals surface area contributed by atoms with Gasteiger partial charge in [-0.2, -0.15) is 0 Å². The fraction of sp³-hybridized carbons (Fsp3) is 0.412. The summed E-state index contributed by atoms with van der Waals surface area (Å²) in [5, 5.41) is 7.82. The molecule has 0 saturated heterocycles. The average molecular weight is 361 g/mol. The number of aryl methyl sites for hydroxylation is 1. The van der Waals surface area contributed by atoms with Gasteiger partial charge in [0.2, 0.25) is 0 Å². The normalized spacial score (nSPS) is 15.8. The lowest BCUT2D eigenvalue weighted by molar-refractivity contribution is 0.291. The van der Waals surface area contributed by atoms with Crippen LogP contribution in [0.1, 0.15) is 24.8 Å². The second-order valence-electron chi connectivity index (χ2n) is 5.66. The molecule has 1 aromatic carbocycles. The molecule has 0 N–H and O–H groups in total. The summed E-state index contributed by atoms with van der Waals surface area (Å²) in [6, 6.07) is 8.63. The molecule has 1 aromatic heterocycles. The van der Waals surface area contributed by atoms with E-state index < -0.39 is 0 Å². The third-order valence-electron chi connectivity index (χ3n) is 4.09. The van der Waals surface area contributed by atoms with Crippen molar-refractivity contribution in [2.24, 2.45) is 0 Å². The van der Waals surface area contributed by atoms with Gasteiger partial charge in [0.05, 0.1) is 6.20 Å². The van der Waals surface area contributed by atoms with Crippen molar-refractivity contribution in [1.82, 2.24) is 19.9 Å². The minimum atomic E-state index is 0.966. The smallest absolute Gasteiger partial charge is 0.0692 e. The van der Waals surface area contributed by atoms with E-state index in [1.807, 2.05) is 10.9 Å². The van der Waals surface area contributed by atoms with Gasteiger partial charge in [-0.15, -0.1) is 5.10 Å². The van der Waals surface area contributed by atoms with Gasteiger partial charge in [0.15, 0.2) is 0 Å². The Morgan fingerprint density at radius 3 is 2.59 bits per heavy atom. The molecule has 0 fully saturated rings. The minimum Gasteiger partial charge on any atom is -0.299 e. The molecule has 3 rings (SSSR count). The van der Waals surface area contributed by atoms with Crippen LogP contribution < -0.4 is 0 Å². The molecule has 0 aliphatic carbocycles. The highest BCUT2D eigenvalue weighted by molar-refractivity contribution is 9.10. The Morgan fingerprint density at radius 2 is 1.91 bits per heavy atom. The van der Waals surface area contributed by atoms with Gasteiger partial charge >= 0.3 is 0 Å². The van der Waals surface area contributed by atoms with Crippen LogP contribution in [0.25, 0.3) is 5.57 Å². The van der Waals surface area contributed by atoms with E-state index in [9.17, 15) is 0 Å². The van der Waals surface area contributed by atoms with E-state index in [2.05, 4.69) is 61.5 Å². The molecule has 4 nitrogen and oxygen atoms in total. The van der Waals surface area contributed by atoms with E-state index in [0.717, 1.165) is 36.9 Å². The molecule has 22 heavy (non-hydrogen) atoms. The summed E-state index contributed by atoms with van der Waals surface area (Å²) in [6.45, 7) is 4.35. The fourth-order valence-corrected chi connectivity index (χ4v) is 3.07. The van der Waals surface area contributed by atoms with Crippen LogP contribution in [0.5, 0.6) is 0 Å². The molecule has 0 atom stereocenters. The molecule has 0 radical (unpaired) electrons. The first kappa shape index (κ1) is 15.4. The molecule has 1 aliphatic rings. The van der Waals surface area contributed by atoms with Crippen molar-refractivity contribution in [1.29, 1.82) is 0 Å². The fourth-order valence-electron chi connectivity index (χ4n) is 2.80. The first-order chi connectivity index (χ1) is 10.8. The zero-order valence-corrected chi connectivity index (χ0v) is 14.2. The lowest BCUT2D eigenvalue weighted by atomic mass is 9.99. The summed E-state index contributed by atoms with van der Waals surface area (Å²) < 4.78 is 3.04. The molecule has 0 saturated carbocycles. The van der Waals surface area contributed by atoms with Crippen molar-refractivity contribution in [3.63, 3.8) is 0 Å². The molecule has 116 valence electrons. The molecule has 5 heteroatoms. The second kappa shape index (κ2) is 7.70. The van der Waals surface area contributed by atoms with E-state index >= 15 is 0 Å². The van der Waals surface area contributed by atoms with Crippen molar-refractivity contribution >= 4 is 21.5 Å². The Morgan fingerprint density at radius 1 is 1.09 bits per heavy atom. The topological polar surface area (TPSA) is 34.0 Å². The van der Waals surface area contributed by atoms with Crippen LogP contribution in [0, 0.1) is 0 Å². The lowest BCUT2D eigenvalue weighted by Crippen LogP contribution is -2.29. The highest BCUT2D eigenvalue weighted by atomic mass is 79.9. The van der Waals surface area contributed by atoms with Gasteiger partial charge in [0.25, 0.3) is 0 Å². The Labute approximate surface area is 140 Å². The van der Waals surface area contributed by atoms with Crippen molar-refractivity contribution in [2.45, 2.75) is 25.8 Å². The molecule has 0 unspecified atom stereocenters. The highest BCUT2D eigenvalue weighted by Gasteiger charge is 2.12. The van der Waals surface area contributed by atoms with E-state index in [4.69, 9.17) is 0 Å². The SMILES string of the molecule is Brc1ccc(C2=CCN(CCCCn3ccnn3)CC2)cc1. The molecule has 0 bridgehead atoms. The Bertz CT molecular complexity index is 604. The Hall–Kier alpha value is -1.46. The number of halogens is 1. The predicted octanol–water partition coefficient (Wildman–Crippen LogP) is 3.61. The van der Waals surface area contributed by atoms with E-state index in [1.54, 1.807) is 6.20 Å². The number of rotatable bonds is 6. The van der Waals surface area contributed by atoms with Gasteiger partial charge in [-0.05, 0) is 49.1 Å². The number of nitrogens with zero attached hydrogens (tertiary/aromatic N) is 4. The Balaban J connectivity index is 1.42. The molecular formula is C17H21BrN4. The highest BCUT2D eigenvalue weighted by Crippen LogP contribution is 2.23. The lowest BCUT2D eigenvalue weighted by Gasteiger charge is -2.26. The van der Waals surface area contributed by atoms with Crippen LogP contribution in [-0.4, -0.2) is 39.5 Å². The van der Waals surface area contributed by atoms with Crippen molar-refractivity contribution in [3.05, 3.63) is 52.8 Å². The summed E-state index contributed by atoms with van der Waals surface area (Å²) in [6.07, 6.45) is 9.55. The summed E-state index contributed by atoms with van der Waals surface area (Å²) in [5.41, 5.74) is 2.83. The molecule has 0 spiro atoms. The van der Waals surface area contributed by atoms with Crippen LogP contribution in [0.4, 0.5) is 0 Å². The molecule has 1 aliphatic heterocycles. The van der Waals surface area contributed by atoms with Crippen molar-refractivity contribution in [3.8, 4) is 0 Å². The Kier molecular flexibility index (Phi) is 5.40. The van der Waals surface area contributed by atoms with E-state index in [1.165, 1.54) is 24.1 Å². The largest absolute Gasteiger partial charge is 0.299 e. The quantitative estimate of drug-likeness (QED) is 0.737. The van der Waals surface area contributed by atoms with Crippen LogP contribution in [0.2, 0.25) is 0 Å². The number of unbranched alkanes of at least 4 members (excludes halogenated alkanes) is 1. The van der Waals surface area contributed by atoms with Gasteiger partial charge in [-0.25, -0.2) is 0 Å². The van der Waals surface area contributed by atoms with Gasteiger partial charge in [0, 0.05) is 30.3 Å². The van der Waals surface area contributed by atoms with Crippen LogP contribution >= 0.6 is 15.9 Å². The molecule has 0 amide bonds. The maximum atomic E-state index is 3.99. The minimum absolute atomic E-state index is 0.966. The van der Waals surface area contributed by atoms with E-state index in [-0.39, 0.29) is 0 Å². The number of benzene rings is 1. The standard InChI is InChI=1S/C17H21BrN4/c18-17-5-3-15(4-6-17)16-7-12-21(13-8-16)10-1-2-11-22-14-9-19-20-22/h3-7,9,14H,1-2,8,10-13H2. The molecule has 2 aromatic rings. The summed E-state index contributed by atoms with van der Waals surface area (Å²) in [4.78, 5) is 2.53.